The highest BCUT2D eigenvalue weighted by molar-refractivity contribution is 5.80. The van der Waals surface area contributed by atoms with Crippen LogP contribution < -0.4 is 5.73 Å². The van der Waals surface area contributed by atoms with Gasteiger partial charge in [0.05, 0.1) is 19.6 Å². The van der Waals surface area contributed by atoms with E-state index in [2.05, 4.69) is 0 Å². The first kappa shape index (κ1) is 11.9. The fourth-order valence-electron chi connectivity index (χ4n) is 1.96. The van der Waals surface area contributed by atoms with E-state index in [-0.39, 0.29) is 5.91 Å². The number of carbonyl (C=O) groups excluding carboxylic acids is 1. The molecule has 0 aromatic heterocycles. The highest BCUT2D eigenvalue weighted by Crippen LogP contribution is 2.15. The molecule has 1 aromatic carbocycles. The van der Waals surface area contributed by atoms with Gasteiger partial charge in [0.25, 0.3) is 0 Å². The molecule has 1 heterocycles. The Labute approximate surface area is 101 Å². The number of ether oxygens (including phenoxy) is 1. The van der Waals surface area contributed by atoms with Crippen molar-refractivity contribution in [1.29, 1.82) is 0 Å². The number of carbonyl (C=O) groups is 1. The Morgan fingerprint density at radius 3 is 2.76 bits per heavy atom. The van der Waals surface area contributed by atoms with Gasteiger partial charge in [-0.15, -0.1) is 0 Å². The summed E-state index contributed by atoms with van der Waals surface area (Å²) >= 11 is 0. The van der Waals surface area contributed by atoms with Gasteiger partial charge in [0, 0.05) is 18.8 Å². The third kappa shape index (κ3) is 2.97. The molecule has 0 radical (unpaired) electrons. The van der Waals surface area contributed by atoms with Gasteiger partial charge in [0.2, 0.25) is 5.91 Å². The summed E-state index contributed by atoms with van der Waals surface area (Å²) in [5.41, 5.74) is 8.63. The van der Waals surface area contributed by atoms with Crippen molar-refractivity contribution in [3.8, 4) is 0 Å². The number of benzene rings is 1. The molecule has 1 aliphatic heterocycles. The van der Waals surface area contributed by atoms with Crippen LogP contribution in [0.15, 0.2) is 18.2 Å². The highest BCUT2D eigenvalue weighted by atomic mass is 16.5. The number of rotatable bonds is 2. The monoisotopic (exact) mass is 234 g/mol. The Hall–Kier alpha value is -1.55. The van der Waals surface area contributed by atoms with Gasteiger partial charge in [0.15, 0.2) is 0 Å². The van der Waals surface area contributed by atoms with E-state index in [0.717, 1.165) is 11.1 Å². The average Bonchev–Trinajstić information content (AvgIpc) is 2.34. The van der Waals surface area contributed by atoms with Gasteiger partial charge in [-0.25, -0.2) is 0 Å². The third-order valence-electron chi connectivity index (χ3n) is 3.01. The van der Waals surface area contributed by atoms with Gasteiger partial charge in [-0.3, -0.25) is 4.79 Å². The van der Waals surface area contributed by atoms with Crippen LogP contribution in [0.3, 0.4) is 0 Å². The van der Waals surface area contributed by atoms with Crippen LogP contribution in [0, 0.1) is 6.92 Å². The quantitative estimate of drug-likeness (QED) is 0.776. The molecule has 1 aromatic rings. The minimum atomic E-state index is 0.129. The topological polar surface area (TPSA) is 55.6 Å². The van der Waals surface area contributed by atoms with Crippen LogP contribution in [0.25, 0.3) is 0 Å². The fourth-order valence-corrected chi connectivity index (χ4v) is 1.96. The van der Waals surface area contributed by atoms with Crippen molar-refractivity contribution in [2.24, 2.45) is 0 Å². The van der Waals surface area contributed by atoms with Gasteiger partial charge < -0.3 is 15.4 Å². The minimum absolute atomic E-state index is 0.129. The summed E-state index contributed by atoms with van der Waals surface area (Å²) in [6.07, 6.45) is 0.381. The first-order valence-corrected chi connectivity index (χ1v) is 5.87. The summed E-state index contributed by atoms with van der Waals surface area (Å²) in [6, 6.07) is 5.82. The summed E-state index contributed by atoms with van der Waals surface area (Å²) in [5, 5.41) is 0. The van der Waals surface area contributed by atoms with E-state index in [1.54, 1.807) is 0 Å². The maximum atomic E-state index is 12.0. The molecule has 0 bridgehead atoms. The standard InChI is InChI=1S/C13H18N2O2/c1-10-2-3-11(12(14)8-10)9-13(16)15-4-6-17-7-5-15/h2-3,8H,4-7,9,14H2,1H3. The van der Waals surface area contributed by atoms with Crippen molar-refractivity contribution in [1.82, 2.24) is 4.90 Å². The Morgan fingerprint density at radius 1 is 1.41 bits per heavy atom. The van der Waals surface area contributed by atoms with Crippen molar-refractivity contribution in [2.75, 3.05) is 32.0 Å². The molecule has 0 saturated carbocycles. The number of hydrogen-bond acceptors (Lipinski definition) is 3. The molecule has 2 N–H and O–H groups in total. The second-order valence-corrected chi connectivity index (χ2v) is 4.37. The first-order chi connectivity index (χ1) is 8.16. The molecule has 0 aliphatic carbocycles. The summed E-state index contributed by atoms with van der Waals surface area (Å²) in [6.45, 7) is 4.63. The SMILES string of the molecule is Cc1ccc(CC(=O)N2CCOCC2)c(N)c1. The molecule has 0 atom stereocenters. The largest absolute Gasteiger partial charge is 0.398 e. The predicted octanol–water partition coefficient (Wildman–Crippen LogP) is 0.979. The molecule has 0 spiro atoms. The molecule has 1 saturated heterocycles. The fraction of sp³-hybridized carbons (Fsp3) is 0.462. The number of amides is 1. The van der Waals surface area contributed by atoms with Gasteiger partial charge in [-0.05, 0) is 24.1 Å². The molecular formula is C13H18N2O2. The van der Waals surface area contributed by atoms with Crippen LogP contribution >= 0.6 is 0 Å². The summed E-state index contributed by atoms with van der Waals surface area (Å²) in [7, 11) is 0. The number of aryl methyl sites for hydroxylation is 1. The number of nitrogens with two attached hydrogens (primary N) is 1. The van der Waals surface area contributed by atoms with Crippen LogP contribution in [0.1, 0.15) is 11.1 Å². The van der Waals surface area contributed by atoms with E-state index in [1.807, 2.05) is 30.0 Å². The van der Waals surface area contributed by atoms with Crippen molar-refractivity contribution < 1.29 is 9.53 Å². The van der Waals surface area contributed by atoms with E-state index in [4.69, 9.17) is 10.5 Å². The first-order valence-electron chi connectivity index (χ1n) is 5.87. The van der Waals surface area contributed by atoms with E-state index in [1.165, 1.54) is 0 Å². The second kappa shape index (κ2) is 5.19. The highest BCUT2D eigenvalue weighted by Gasteiger charge is 2.17. The zero-order chi connectivity index (χ0) is 12.3. The van der Waals surface area contributed by atoms with E-state index in [0.29, 0.717) is 38.4 Å². The molecule has 17 heavy (non-hydrogen) atoms. The van der Waals surface area contributed by atoms with Crippen LogP contribution in [0.5, 0.6) is 0 Å². The number of nitrogen functional groups attached to an aromatic ring is 1. The number of anilines is 1. The average molecular weight is 234 g/mol. The minimum Gasteiger partial charge on any atom is -0.398 e. The van der Waals surface area contributed by atoms with Gasteiger partial charge in [-0.1, -0.05) is 12.1 Å². The molecule has 4 heteroatoms. The molecule has 2 rings (SSSR count). The summed E-state index contributed by atoms with van der Waals surface area (Å²) in [4.78, 5) is 13.9. The molecule has 0 unspecified atom stereocenters. The molecule has 1 amide bonds. The van der Waals surface area contributed by atoms with E-state index in [9.17, 15) is 4.79 Å². The molecule has 1 fully saturated rings. The zero-order valence-corrected chi connectivity index (χ0v) is 10.1. The number of morpholine rings is 1. The van der Waals surface area contributed by atoms with Crippen molar-refractivity contribution in [2.45, 2.75) is 13.3 Å². The normalized spacial score (nSPS) is 15.9. The van der Waals surface area contributed by atoms with E-state index < -0.39 is 0 Å². The molecular weight excluding hydrogens is 216 g/mol. The number of hydrogen-bond donors (Lipinski definition) is 1. The van der Waals surface area contributed by atoms with Crippen molar-refractivity contribution in [3.05, 3.63) is 29.3 Å². The summed E-state index contributed by atoms with van der Waals surface area (Å²) in [5.74, 6) is 0.129. The zero-order valence-electron chi connectivity index (χ0n) is 10.1. The molecule has 92 valence electrons. The maximum Gasteiger partial charge on any atom is 0.227 e. The van der Waals surface area contributed by atoms with Crippen LogP contribution in [-0.4, -0.2) is 37.1 Å². The van der Waals surface area contributed by atoms with Crippen LogP contribution in [0.4, 0.5) is 5.69 Å². The van der Waals surface area contributed by atoms with Gasteiger partial charge >= 0.3 is 0 Å². The maximum absolute atomic E-state index is 12.0. The van der Waals surface area contributed by atoms with Crippen molar-refractivity contribution >= 4 is 11.6 Å². The Bertz CT molecular complexity index is 412. The van der Waals surface area contributed by atoms with Crippen LogP contribution in [-0.2, 0) is 16.0 Å². The smallest absolute Gasteiger partial charge is 0.227 e. The predicted molar refractivity (Wildman–Crippen MR) is 66.7 cm³/mol. The second-order valence-electron chi connectivity index (χ2n) is 4.37. The lowest BCUT2D eigenvalue weighted by molar-refractivity contribution is -0.134. The third-order valence-corrected chi connectivity index (χ3v) is 3.01. The van der Waals surface area contributed by atoms with Crippen LogP contribution in [0.2, 0.25) is 0 Å². The summed E-state index contributed by atoms with van der Waals surface area (Å²) < 4.78 is 5.22. The van der Waals surface area contributed by atoms with Gasteiger partial charge in [-0.2, -0.15) is 0 Å². The lowest BCUT2D eigenvalue weighted by atomic mass is 10.1. The Morgan fingerprint density at radius 2 is 2.12 bits per heavy atom. The lowest BCUT2D eigenvalue weighted by Gasteiger charge is -2.27. The Balaban J connectivity index is 2.02. The van der Waals surface area contributed by atoms with Gasteiger partial charge in [0.1, 0.15) is 0 Å². The van der Waals surface area contributed by atoms with E-state index >= 15 is 0 Å². The lowest BCUT2D eigenvalue weighted by Crippen LogP contribution is -2.41. The van der Waals surface area contributed by atoms with Crippen molar-refractivity contribution in [3.63, 3.8) is 0 Å². The Kier molecular flexibility index (Phi) is 3.64. The number of nitrogens with zero attached hydrogens (tertiary/aromatic N) is 1. The molecule has 1 aliphatic rings. The molecule has 4 nitrogen and oxygen atoms in total.